The van der Waals surface area contributed by atoms with Gasteiger partial charge in [-0.1, -0.05) is 0 Å². The van der Waals surface area contributed by atoms with Crippen molar-refractivity contribution in [1.29, 1.82) is 0 Å². The van der Waals surface area contributed by atoms with E-state index in [-0.39, 0.29) is 11.5 Å². The Bertz CT molecular complexity index is 982. The number of hydrogen-bond donors (Lipinski definition) is 0. The fourth-order valence-corrected chi connectivity index (χ4v) is 2.90. The third-order valence-corrected chi connectivity index (χ3v) is 4.43. The Labute approximate surface area is 162 Å². The van der Waals surface area contributed by atoms with Gasteiger partial charge in [0.05, 0.1) is 11.3 Å². The van der Waals surface area contributed by atoms with Gasteiger partial charge >= 0.3 is 6.18 Å². The highest BCUT2D eigenvalue weighted by molar-refractivity contribution is 5.90. The second-order valence-electron chi connectivity index (χ2n) is 6.28. The third-order valence-electron chi connectivity index (χ3n) is 4.43. The molecule has 1 aromatic carbocycles. The van der Waals surface area contributed by atoms with Gasteiger partial charge < -0.3 is 9.80 Å². The average molecular weight is 404 g/mol. The molecular formula is C17H15F3N8O. The van der Waals surface area contributed by atoms with Crippen molar-refractivity contribution in [2.45, 2.75) is 6.18 Å². The average Bonchev–Trinajstić information content (AvgIpc) is 3.24. The van der Waals surface area contributed by atoms with Crippen molar-refractivity contribution >= 4 is 11.9 Å². The summed E-state index contributed by atoms with van der Waals surface area (Å²) in [5.74, 6) is 0.0945. The Kier molecular flexibility index (Phi) is 4.82. The van der Waals surface area contributed by atoms with E-state index in [0.717, 1.165) is 16.9 Å². The number of piperazine rings is 1. The van der Waals surface area contributed by atoms with Gasteiger partial charge in [0, 0.05) is 38.6 Å². The van der Waals surface area contributed by atoms with Crippen LogP contribution in [0.25, 0.3) is 5.69 Å². The quantitative estimate of drug-likeness (QED) is 0.652. The molecule has 0 spiro atoms. The molecular weight excluding hydrogens is 389 g/mol. The highest BCUT2D eigenvalue weighted by Crippen LogP contribution is 2.29. The summed E-state index contributed by atoms with van der Waals surface area (Å²) in [5.41, 5.74) is -0.506. The fourth-order valence-electron chi connectivity index (χ4n) is 2.90. The lowest BCUT2D eigenvalue weighted by Crippen LogP contribution is -2.49. The van der Waals surface area contributed by atoms with Crippen LogP contribution in [-0.2, 0) is 6.18 Å². The third kappa shape index (κ3) is 4.00. The smallest absolute Gasteiger partial charge is 0.337 e. The predicted octanol–water partition coefficient (Wildman–Crippen LogP) is 1.43. The summed E-state index contributed by atoms with van der Waals surface area (Å²) in [6.07, 6.45) is -1.12. The molecule has 1 aliphatic rings. The first-order valence-corrected chi connectivity index (χ1v) is 8.71. The highest BCUT2D eigenvalue weighted by Gasteiger charge is 2.30. The first-order chi connectivity index (χ1) is 13.9. The number of halogens is 3. The largest absolute Gasteiger partial charge is 0.416 e. The number of carbonyl (C=O) groups excluding carboxylic acids is 1. The van der Waals surface area contributed by atoms with E-state index < -0.39 is 17.6 Å². The van der Waals surface area contributed by atoms with E-state index in [1.807, 2.05) is 4.90 Å². The topological polar surface area (TPSA) is 92.9 Å². The van der Waals surface area contributed by atoms with Crippen molar-refractivity contribution in [2.75, 3.05) is 31.1 Å². The van der Waals surface area contributed by atoms with Crippen LogP contribution in [0.1, 0.15) is 16.2 Å². The zero-order chi connectivity index (χ0) is 20.4. The monoisotopic (exact) mass is 404 g/mol. The SMILES string of the molecule is O=C(c1nnn(-c2ccc(C(F)(F)F)cc2)n1)N1CCN(c2ncccn2)CC1. The maximum absolute atomic E-state index is 12.7. The van der Waals surface area contributed by atoms with Crippen LogP contribution in [-0.4, -0.2) is 67.2 Å². The molecule has 0 radical (unpaired) electrons. The maximum Gasteiger partial charge on any atom is 0.416 e. The van der Waals surface area contributed by atoms with Gasteiger partial charge in [0.2, 0.25) is 5.95 Å². The van der Waals surface area contributed by atoms with Crippen molar-refractivity contribution in [2.24, 2.45) is 0 Å². The van der Waals surface area contributed by atoms with Crippen molar-refractivity contribution in [3.05, 3.63) is 54.1 Å². The molecule has 0 saturated carbocycles. The highest BCUT2D eigenvalue weighted by atomic mass is 19.4. The van der Waals surface area contributed by atoms with E-state index in [4.69, 9.17) is 0 Å². The molecule has 3 heterocycles. The van der Waals surface area contributed by atoms with Crippen LogP contribution in [0, 0.1) is 0 Å². The molecule has 2 aromatic heterocycles. The summed E-state index contributed by atoms with van der Waals surface area (Å²) >= 11 is 0. The van der Waals surface area contributed by atoms with Crippen molar-refractivity contribution in [1.82, 2.24) is 35.1 Å². The minimum atomic E-state index is -4.43. The molecule has 1 saturated heterocycles. The Balaban J connectivity index is 1.41. The number of rotatable bonds is 3. The molecule has 0 atom stereocenters. The van der Waals surface area contributed by atoms with Gasteiger partial charge in [-0.2, -0.15) is 13.2 Å². The Morgan fingerprint density at radius 1 is 0.966 bits per heavy atom. The Hall–Kier alpha value is -3.57. The fraction of sp³-hybridized carbons (Fsp3) is 0.294. The van der Waals surface area contributed by atoms with Crippen LogP contribution in [0.2, 0.25) is 0 Å². The summed E-state index contributed by atoms with van der Waals surface area (Å²) in [5, 5.41) is 11.5. The molecule has 1 amide bonds. The number of alkyl halides is 3. The lowest BCUT2D eigenvalue weighted by atomic mass is 10.2. The predicted molar refractivity (Wildman–Crippen MR) is 94.3 cm³/mol. The molecule has 1 fully saturated rings. The van der Waals surface area contributed by atoms with E-state index in [2.05, 4.69) is 25.4 Å². The van der Waals surface area contributed by atoms with Crippen LogP contribution in [0.15, 0.2) is 42.7 Å². The molecule has 3 aromatic rings. The van der Waals surface area contributed by atoms with Crippen LogP contribution in [0.3, 0.4) is 0 Å². The van der Waals surface area contributed by atoms with E-state index in [0.29, 0.717) is 32.1 Å². The summed E-state index contributed by atoms with van der Waals surface area (Å²) in [6, 6.07) is 6.01. The zero-order valence-corrected chi connectivity index (χ0v) is 15.0. The summed E-state index contributed by atoms with van der Waals surface area (Å²) in [7, 11) is 0. The minimum absolute atomic E-state index is 0.116. The Morgan fingerprint density at radius 3 is 2.24 bits per heavy atom. The number of amides is 1. The van der Waals surface area contributed by atoms with Gasteiger partial charge in [0.1, 0.15) is 0 Å². The van der Waals surface area contributed by atoms with E-state index in [9.17, 15) is 18.0 Å². The summed E-state index contributed by atoms with van der Waals surface area (Å²) in [6.45, 7) is 1.99. The molecule has 29 heavy (non-hydrogen) atoms. The van der Waals surface area contributed by atoms with Crippen molar-refractivity contribution in [3.8, 4) is 5.69 Å². The molecule has 0 bridgehead atoms. The second-order valence-corrected chi connectivity index (χ2v) is 6.28. The van der Waals surface area contributed by atoms with Gasteiger partial charge in [-0.3, -0.25) is 4.79 Å². The number of nitrogens with zero attached hydrogens (tertiary/aromatic N) is 8. The minimum Gasteiger partial charge on any atom is -0.337 e. The van der Waals surface area contributed by atoms with Crippen LogP contribution >= 0.6 is 0 Å². The first-order valence-electron chi connectivity index (χ1n) is 8.71. The number of benzene rings is 1. The number of anilines is 1. The van der Waals surface area contributed by atoms with Crippen LogP contribution < -0.4 is 4.90 Å². The zero-order valence-electron chi connectivity index (χ0n) is 15.0. The van der Waals surface area contributed by atoms with Gasteiger partial charge in [-0.25, -0.2) is 9.97 Å². The number of aromatic nitrogens is 6. The molecule has 0 unspecified atom stereocenters. The second kappa shape index (κ2) is 7.45. The number of carbonyl (C=O) groups is 1. The number of tetrazole rings is 1. The first kappa shape index (κ1) is 18.8. The molecule has 9 nitrogen and oxygen atoms in total. The van der Waals surface area contributed by atoms with E-state index in [1.54, 1.807) is 23.4 Å². The molecule has 4 rings (SSSR count). The molecule has 12 heteroatoms. The van der Waals surface area contributed by atoms with Crippen molar-refractivity contribution < 1.29 is 18.0 Å². The van der Waals surface area contributed by atoms with Crippen molar-refractivity contribution in [3.63, 3.8) is 0 Å². The number of hydrogen-bond acceptors (Lipinski definition) is 7. The van der Waals surface area contributed by atoms with Gasteiger partial charge in [-0.05, 0) is 35.5 Å². The van der Waals surface area contributed by atoms with Crippen LogP contribution in [0.5, 0.6) is 0 Å². The van der Waals surface area contributed by atoms with E-state index in [1.165, 1.54) is 12.1 Å². The van der Waals surface area contributed by atoms with Gasteiger partial charge in [-0.15, -0.1) is 15.0 Å². The molecule has 1 aliphatic heterocycles. The van der Waals surface area contributed by atoms with E-state index >= 15 is 0 Å². The molecule has 150 valence electrons. The van der Waals surface area contributed by atoms with Gasteiger partial charge in [0.15, 0.2) is 0 Å². The normalized spacial score (nSPS) is 14.9. The lowest BCUT2D eigenvalue weighted by Gasteiger charge is -2.33. The Morgan fingerprint density at radius 2 is 1.62 bits per heavy atom. The lowest BCUT2D eigenvalue weighted by molar-refractivity contribution is -0.137. The summed E-state index contributed by atoms with van der Waals surface area (Å²) in [4.78, 5) is 25.6. The van der Waals surface area contributed by atoms with Crippen LogP contribution in [0.4, 0.5) is 19.1 Å². The molecule has 0 aliphatic carbocycles. The van der Waals surface area contributed by atoms with Gasteiger partial charge in [0.25, 0.3) is 11.7 Å². The molecule has 0 N–H and O–H groups in total. The standard InChI is InChI=1S/C17H15F3N8O/c18-17(19,20)12-2-4-13(5-3-12)28-24-14(23-25-28)15(29)26-8-10-27(11-9-26)16-21-6-1-7-22-16/h1-7H,8-11H2. The maximum atomic E-state index is 12.7. The summed E-state index contributed by atoms with van der Waals surface area (Å²) < 4.78 is 38.0.